The molecular formula is C31H37F8N5O3. The smallest absolute Gasteiger partial charge is 0.338 e. The largest absolute Gasteiger partial charge is 0.419 e. The van der Waals surface area contributed by atoms with Gasteiger partial charge in [0, 0.05) is 37.6 Å². The molecule has 0 spiro atoms. The van der Waals surface area contributed by atoms with E-state index in [2.05, 4.69) is 21.3 Å². The number of likely N-dealkylation sites (tertiary alicyclic amines) is 1. The number of nitrogens with one attached hydrogen (secondary N) is 4. The Balaban J connectivity index is 0.000000267. The lowest BCUT2D eigenvalue weighted by atomic mass is 9.97. The third-order valence-electron chi connectivity index (χ3n) is 7.49. The summed E-state index contributed by atoms with van der Waals surface area (Å²) in [6.45, 7) is 6.57. The van der Waals surface area contributed by atoms with E-state index in [9.17, 15) is 49.5 Å². The highest BCUT2D eigenvalue weighted by atomic mass is 19.4. The molecule has 2 aliphatic rings. The van der Waals surface area contributed by atoms with Gasteiger partial charge in [-0.05, 0) is 74.5 Å². The highest BCUT2D eigenvalue weighted by molar-refractivity contribution is 5.93. The quantitative estimate of drug-likeness (QED) is 0.257. The molecule has 2 atom stereocenters. The van der Waals surface area contributed by atoms with Gasteiger partial charge >= 0.3 is 18.4 Å². The summed E-state index contributed by atoms with van der Waals surface area (Å²) < 4.78 is 102. The molecule has 2 fully saturated rings. The fourth-order valence-corrected chi connectivity index (χ4v) is 4.99. The predicted octanol–water partition coefficient (Wildman–Crippen LogP) is 6.64. The number of piperidine rings is 2. The summed E-state index contributed by atoms with van der Waals surface area (Å²) in [6, 6.07) is 4.39. The van der Waals surface area contributed by atoms with Crippen LogP contribution in [0, 0.1) is 29.4 Å². The number of halogens is 8. The molecule has 16 heteroatoms. The number of alkyl halides is 6. The molecule has 2 heterocycles. The lowest BCUT2D eigenvalue weighted by Gasteiger charge is -2.32. The summed E-state index contributed by atoms with van der Waals surface area (Å²) in [5.41, 5.74) is -2.74. The van der Waals surface area contributed by atoms with Gasteiger partial charge in [-0.15, -0.1) is 0 Å². The highest BCUT2D eigenvalue weighted by Crippen LogP contribution is 2.33. The van der Waals surface area contributed by atoms with Crippen molar-refractivity contribution in [3.63, 3.8) is 0 Å². The van der Waals surface area contributed by atoms with E-state index in [1.165, 1.54) is 0 Å². The molecule has 8 nitrogen and oxygen atoms in total. The summed E-state index contributed by atoms with van der Waals surface area (Å²) in [6.07, 6.45) is -6.78. The van der Waals surface area contributed by atoms with Gasteiger partial charge in [-0.2, -0.15) is 26.3 Å². The van der Waals surface area contributed by atoms with Gasteiger partial charge in [-0.25, -0.2) is 13.6 Å². The van der Waals surface area contributed by atoms with Gasteiger partial charge in [0.1, 0.15) is 11.6 Å². The first-order valence-corrected chi connectivity index (χ1v) is 15.0. The maximum atomic E-state index is 13.6. The molecule has 0 aliphatic carbocycles. The molecule has 0 unspecified atom stereocenters. The van der Waals surface area contributed by atoms with E-state index in [1.54, 1.807) is 4.90 Å². The highest BCUT2D eigenvalue weighted by Gasteiger charge is 2.35. The van der Waals surface area contributed by atoms with E-state index in [0.717, 1.165) is 25.1 Å². The number of urea groups is 1. The average Bonchev–Trinajstić information content (AvgIpc) is 2.99. The van der Waals surface area contributed by atoms with E-state index in [0.29, 0.717) is 69.1 Å². The van der Waals surface area contributed by atoms with Crippen LogP contribution in [0.1, 0.15) is 50.7 Å². The number of anilines is 2. The van der Waals surface area contributed by atoms with Crippen LogP contribution in [0.2, 0.25) is 0 Å². The van der Waals surface area contributed by atoms with Gasteiger partial charge in [-0.3, -0.25) is 9.59 Å². The lowest BCUT2D eigenvalue weighted by Crippen LogP contribution is -2.48. The van der Waals surface area contributed by atoms with Crippen molar-refractivity contribution in [3.05, 3.63) is 59.2 Å². The Kier molecular flexibility index (Phi) is 13.0. The monoisotopic (exact) mass is 679 g/mol. The van der Waals surface area contributed by atoms with Crippen LogP contribution in [-0.4, -0.2) is 55.5 Å². The van der Waals surface area contributed by atoms with Crippen LogP contribution in [-0.2, 0) is 21.9 Å². The van der Waals surface area contributed by atoms with Crippen molar-refractivity contribution in [3.8, 4) is 0 Å². The van der Waals surface area contributed by atoms with Gasteiger partial charge in [-0.1, -0.05) is 13.8 Å². The van der Waals surface area contributed by atoms with Gasteiger partial charge in [0.2, 0.25) is 11.8 Å². The third kappa shape index (κ3) is 11.4. The van der Waals surface area contributed by atoms with Crippen molar-refractivity contribution < 1.29 is 49.5 Å². The van der Waals surface area contributed by atoms with Gasteiger partial charge in [0.15, 0.2) is 0 Å². The molecule has 0 aromatic heterocycles. The Labute approximate surface area is 266 Å². The fraction of sp³-hybridized carbons (Fsp3) is 0.516. The van der Waals surface area contributed by atoms with Crippen LogP contribution >= 0.6 is 0 Å². The molecule has 4 N–H and O–H groups in total. The number of hydrogen-bond acceptors (Lipinski definition) is 4. The van der Waals surface area contributed by atoms with E-state index in [1.807, 2.05) is 13.8 Å². The molecule has 0 saturated carbocycles. The van der Waals surface area contributed by atoms with Crippen molar-refractivity contribution in [2.24, 2.45) is 17.8 Å². The molecule has 0 radical (unpaired) electrons. The first-order valence-electron chi connectivity index (χ1n) is 15.0. The first kappa shape index (κ1) is 37.5. The number of hydrogen-bond donors (Lipinski definition) is 4. The average molecular weight is 680 g/mol. The summed E-state index contributed by atoms with van der Waals surface area (Å²) in [5, 5.41) is 10.7. The maximum absolute atomic E-state index is 13.6. The summed E-state index contributed by atoms with van der Waals surface area (Å²) in [4.78, 5) is 37.9. The molecule has 2 aromatic rings. The van der Waals surface area contributed by atoms with Crippen LogP contribution in [0.4, 0.5) is 51.3 Å². The number of carbonyl (C=O) groups excluding carboxylic acids is 3. The van der Waals surface area contributed by atoms with Gasteiger partial charge in [0.25, 0.3) is 0 Å². The van der Waals surface area contributed by atoms with Gasteiger partial charge in [0.05, 0.1) is 23.0 Å². The van der Waals surface area contributed by atoms with Crippen LogP contribution < -0.4 is 21.3 Å². The molecule has 4 rings (SSSR count). The van der Waals surface area contributed by atoms with Gasteiger partial charge < -0.3 is 26.2 Å². The SMILES string of the molecule is CC(C)CNC(=O)N1CCC[C@H](C(=O)Nc2ccc(C(F)(F)F)c(F)c2)C1.O=C(Nc1ccc(C(F)(F)F)c(F)c1)[C@H]1CCCNC1. The van der Waals surface area contributed by atoms with Crippen molar-refractivity contribution in [2.45, 2.75) is 51.9 Å². The second-order valence-corrected chi connectivity index (χ2v) is 11.8. The summed E-state index contributed by atoms with van der Waals surface area (Å²) in [7, 11) is 0. The lowest BCUT2D eigenvalue weighted by molar-refractivity contribution is -0.140. The second-order valence-electron chi connectivity index (χ2n) is 11.8. The number of carbonyl (C=O) groups is 3. The fourth-order valence-electron chi connectivity index (χ4n) is 4.99. The molecule has 2 aliphatic heterocycles. The number of benzene rings is 2. The summed E-state index contributed by atoms with van der Waals surface area (Å²) >= 11 is 0. The summed E-state index contributed by atoms with van der Waals surface area (Å²) in [5.74, 6) is -4.04. The first-order chi connectivity index (χ1) is 22.0. The minimum atomic E-state index is -4.79. The van der Waals surface area contributed by atoms with Crippen LogP contribution in [0.25, 0.3) is 0 Å². The topological polar surface area (TPSA) is 103 Å². The minimum Gasteiger partial charge on any atom is -0.338 e. The normalized spacial score (nSPS) is 18.6. The van der Waals surface area contributed by atoms with Crippen LogP contribution in [0.15, 0.2) is 36.4 Å². The van der Waals surface area contributed by atoms with E-state index >= 15 is 0 Å². The third-order valence-corrected chi connectivity index (χ3v) is 7.49. The Morgan fingerprint density at radius 2 is 1.34 bits per heavy atom. The molecule has 2 aromatic carbocycles. The standard InChI is InChI=1S/C18H23F4N3O2.C13H14F4N2O/c1-11(2)9-23-17(27)25-7-3-4-12(10-25)16(26)24-13-5-6-14(15(19)8-13)18(20,21)22;14-11-6-9(3-4-10(11)13(15,16)17)19-12(20)8-2-1-5-18-7-8/h5-6,8,11-12H,3-4,7,9-10H2,1-2H3,(H,23,27)(H,24,26);3-4,6,8,18H,1-2,5,7H2,(H,19,20)/t12-;8-/m00/s1. The zero-order valence-electron chi connectivity index (χ0n) is 25.8. The Hall–Kier alpha value is -3.95. The molecular weight excluding hydrogens is 642 g/mol. The van der Waals surface area contributed by atoms with Crippen LogP contribution in [0.3, 0.4) is 0 Å². The van der Waals surface area contributed by atoms with Crippen molar-refractivity contribution >= 4 is 29.2 Å². The van der Waals surface area contributed by atoms with Crippen molar-refractivity contribution in [1.29, 1.82) is 0 Å². The van der Waals surface area contributed by atoms with E-state index in [-0.39, 0.29) is 35.8 Å². The maximum Gasteiger partial charge on any atom is 0.419 e. The zero-order chi connectivity index (χ0) is 34.9. The number of nitrogens with zero attached hydrogens (tertiary/aromatic N) is 1. The molecule has 260 valence electrons. The number of amides is 4. The Morgan fingerprint density at radius 3 is 1.79 bits per heavy atom. The van der Waals surface area contributed by atoms with Crippen LogP contribution in [0.5, 0.6) is 0 Å². The molecule has 47 heavy (non-hydrogen) atoms. The number of rotatable bonds is 6. The Bertz CT molecular complexity index is 1390. The molecule has 2 saturated heterocycles. The Morgan fingerprint density at radius 1 is 0.830 bits per heavy atom. The molecule has 0 bridgehead atoms. The minimum absolute atomic E-state index is 0.0334. The van der Waals surface area contributed by atoms with Crippen molar-refractivity contribution in [2.75, 3.05) is 43.4 Å². The van der Waals surface area contributed by atoms with Crippen molar-refractivity contribution in [1.82, 2.24) is 15.5 Å². The predicted molar refractivity (Wildman–Crippen MR) is 158 cm³/mol. The zero-order valence-corrected chi connectivity index (χ0v) is 25.8. The van der Waals surface area contributed by atoms with E-state index < -0.39 is 46.9 Å². The second kappa shape index (κ2) is 16.2. The van der Waals surface area contributed by atoms with E-state index in [4.69, 9.17) is 0 Å². The molecule has 4 amide bonds.